The highest BCUT2D eigenvalue weighted by Crippen LogP contribution is 2.26. The minimum atomic E-state index is -0.625. The van der Waals surface area contributed by atoms with Crippen LogP contribution in [0.15, 0.2) is 5.16 Å². The number of oxime groups is 1. The topological polar surface area (TPSA) is 90.9 Å². The zero-order chi connectivity index (χ0) is 12.0. The molecule has 0 aromatic carbocycles. The number of rotatable bonds is 4. The van der Waals surface area contributed by atoms with Gasteiger partial charge in [0.05, 0.1) is 11.6 Å². The Morgan fingerprint density at radius 1 is 1.38 bits per heavy atom. The number of amidine groups is 1. The first-order valence-corrected chi connectivity index (χ1v) is 6.00. The number of aliphatic hydroxyl groups is 1. The first-order chi connectivity index (χ1) is 7.57. The summed E-state index contributed by atoms with van der Waals surface area (Å²) in [4.78, 5) is 0. The highest BCUT2D eigenvalue weighted by molar-refractivity contribution is 5.84. The minimum absolute atomic E-state index is 0.150. The second-order valence-electron chi connectivity index (χ2n) is 4.77. The van der Waals surface area contributed by atoms with Crippen LogP contribution in [-0.2, 0) is 0 Å². The summed E-state index contributed by atoms with van der Waals surface area (Å²) in [6, 6.07) is -0.211. The van der Waals surface area contributed by atoms with E-state index in [0.29, 0.717) is 6.54 Å². The summed E-state index contributed by atoms with van der Waals surface area (Å²) in [5.74, 6) is 0.150. The Morgan fingerprint density at radius 3 is 2.44 bits per heavy atom. The van der Waals surface area contributed by atoms with Crippen molar-refractivity contribution in [2.45, 2.75) is 57.1 Å². The van der Waals surface area contributed by atoms with E-state index >= 15 is 0 Å². The second kappa shape index (κ2) is 6.06. The summed E-state index contributed by atoms with van der Waals surface area (Å²) < 4.78 is 0. The van der Waals surface area contributed by atoms with Gasteiger partial charge in [0.1, 0.15) is 0 Å². The van der Waals surface area contributed by atoms with Gasteiger partial charge in [-0.3, -0.25) is 0 Å². The molecule has 0 amide bonds. The number of nitrogens with one attached hydrogen (secondary N) is 1. The van der Waals surface area contributed by atoms with Gasteiger partial charge in [0.25, 0.3) is 0 Å². The molecule has 0 spiro atoms. The molecule has 0 bridgehead atoms. The number of nitrogens with two attached hydrogens (primary N) is 1. The van der Waals surface area contributed by atoms with Gasteiger partial charge in [0.2, 0.25) is 0 Å². The maximum absolute atomic E-state index is 10.3. The molecule has 1 saturated carbocycles. The normalized spacial score (nSPS) is 23.8. The lowest BCUT2D eigenvalue weighted by molar-refractivity contribution is 0.0246. The maximum Gasteiger partial charge on any atom is 0.156 e. The summed E-state index contributed by atoms with van der Waals surface area (Å²) in [7, 11) is 0. The van der Waals surface area contributed by atoms with E-state index in [0.717, 1.165) is 25.7 Å². The molecule has 1 fully saturated rings. The highest BCUT2D eigenvalue weighted by atomic mass is 16.4. The van der Waals surface area contributed by atoms with Crippen molar-refractivity contribution in [3.63, 3.8) is 0 Å². The van der Waals surface area contributed by atoms with Crippen molar-refractivity contribution in [3.05, 3.63) is 0 Å². The molecule has 5 heteroatoms. The molecule has 94 valence electrons. The van der Waals surface area contributed by atoms with Gasteiger partial charge in [0.15, 0.2) is 5.84 Å². The molecule has 0 heterocycles. The van der Waals surface area contributed by atoms with Crippen LogP contribution in [-0.4, -0.2) is 34.3 Å². The van der Waals surface area contributed by atoms with E-state index in [1.54, 1.807) is 0 Å². The van der Waals surface area contributed by atoms with Gasteiger partial charge in [-0.25, -0.2) is 0 Å². The summed E-state index contributed by atoms with van der Waals surface area (Å²) in [5, 5.41) is 24.9. The van der Waals surface area contributed by atoms with Crippen LogP contribution in [0.1, 0.15) is 45.4 Å². The summed E-state index contributed by atoms with van der Waals surface area (Å²) >= 11 is 0. The first-order valence-electron chi connectivity index (χ1n) is 6.00. The Morgan fingerprint density at radius 2 is 1.94 bits per heavy atom. The standard InChI is InChI=1S/C11H23N3O2/c1-9(10(12)14-16)13-8-11(15)6-4-2-3-5-7-11/h9,13,15-16H,2-8H2,1H3,(H2,12,14). The van der Waals surface area contributed by atoms with Crippen molar-refractivity contribution >= 4 is 5.84 Å². The van der Waals surface area contributed by atoms with E-state index in [2.05, 4.69) is 10.5 Å². The molecular formula is C11H23N3O2. The molecule has 1 unspecified atom stereocenters. The first kappa shape index (κ1) is 13.3. The predicted octanol–water partition coefficient (Wildman–Crippen LogP) is 0.796. The van der Waals surface area contributed by atoms with Gasteiger partial charge in [-0.2, -0.15) is 0 Å². The van der Waals surface area contributed by atoms with Crippen LogP contribution in [0.5, 0.6) is 0 Å². The van der Waals surface area contributed by atoms with Crippen molar-refractivity contribution in [2.24, 2.45) is 10.9 Å². The smallest absolute Gasteiger partial charge is 0.156 e. The van der Waals surface area contributed by atoms with Crippen LogP contribution >= 0.6 is 0 Å². The van der Waals surface area contributed by atoms with Gasteiger partial charge in [-0.15, -0.1) is 0 Å². The second-order valence-corrected chi connectivity index (χ2v) is 4.77. The van der Waals surface area contributed by atoms with Crippen LogP contribution in [0.4, 0.5) is 0 Å². The van der Waals surface area contributed by atoms with Crippen LogP contribution in [0.3, 0.4) is 0 Å². The van der Waals surface area contributed by atoms with Crippen molar-refractivity contribution in [1.82, 2.24) is 5.32 Å². The average molecular weight is 229 g/mol. The van der Waals surface area contributed by atoms with Crippen molar-refractivity contribution < 1.29 is 10.3 Å². The average Bonchev–Trinajstić information content (AvgIpc) is 2.50. The lowest BCUT2D eigenvalue weighted by Gasteiger charge is -2.28. The highest BCUT2D eigenvalue weighted by Gasteiger charge is 2.28. The number of nitrogens with zero attached hydrogens (tertiary/aromatic N) is 1. The molecular weight excluding hydrogens is 206 g/mol. The fourth-order valence-electron chi connectivity index (χ4n) is 2.10. The van der Waals surface area contributed by atoms with E-state index in [1.807, 2.05) is 6.92 Å². The van der Waals surface area contributed by atoms with Gasteiger partial charge in [-0.1, -0.05) is 30.8 Å². The Balaban J connectivity index is 2.40. The maximum atomic E-state index is 10.3. The van der Waals surface area contributed by atoms with Crippen LogP contribution in [0.25, 0.3) is 0 Å². The third-order valence-corrected chi connectivity index (χ3v) is 3.33. The molecule has 0 aromatic rings. The Labute approximate surface area is 96.7 Å². The van der Waals surface area contributed by atoms with E-state index in [1.165, 1.54) is 12.8 Å². The van der Waals surface area contributed by atoms with Gasteiger partial charge in [-0.05, 0) is 19.8 Å². The monoisotopic (exact) mass is 229 g/mol. The van der Waals surface area contributed by atoms with Crippen LogP contribution in [0.2, 0.25) is 0 Å². The zero-order valence-corrected chi connectivity index (χ0v) is 9.95. The Kier molecular flexibility index (Phi) is 5.02. The Hall–Kier alpha value is -0.810. The number of hydrogen-bond donors (Lipinski definition) is 4. The van der Waals surface area contributed by atoms with Crippen molar-refractivity contribution in [1.29, 1.82) is 0 Å². The molecule has 0 aromatic heterocycles. The van der Waals surface area contributed by atoms with E-state index in [-0.39, 0.29) is 11.9 Å². The summed E-state index contributed by atoms with van der Waals surface area (Å²) in [6.45, 7) is 2.32. The molecule has 0 saturated heterocycles. The summed E-state index contributed by atoms with van der Waals surface area (Å²) in [6.07, 6.45) is 6.24. The van der Waals surface area contributed by atoms with Crippen molar-refractivity contribution in [2.75, 3.05) is 6.54 Å². The molecule has 1 aliphatic rings. The van der Waals surface area contributed by atoms with Crippen molar-refractivity contribution in [3.8, 4) is 0 Å². The molecule has 1 aliphatic carbocycles. The van der Waals surface area contributed by atoms with Gasteiger partial charge >= 0.3 is 0 Å². The van der Waals surface area contributed by atoms with Crippen LogP contribution < -0.4 is 11.1 Å². The molecule has 16 heavy (non-hydrogen) atoms. The fraction of sp³-hybridized carbons (Fsp3) is 0.909. The van der Waals surface area contributed by atoms with E-state index < -0.39 is 5.60 Å². The molecule has 5 nitrogen and oxygen atoms in total. The third-order valence-electron chi connectivity index (χ3n) is 3.33. The number of hydrogen-bond acceptors (Lipinski definition) is 4. The Bertz CT molecular complexity index is 235. The fourth-order valence-corrected chi connectivity index (χ4v) is 2.10. The quantitative estimate of drug-likeness (QED) is 0.189. The zero-order valence-electron chi connectivity index (χ0n) is 9.95. The van der Waals surface area contributed by atoms with E-state index in [9.17, 15) is 5.11 Å². The molecule has 0 aliphatic heterocycles. The van der Waals surface area contributed by atoms with Crippen LogP contribution in [0, 0.1) is 0 Å². The van der Waals surface area contributed by atoms with Gasteiger partial charge < -0.3 is 21.4 Å². The summed E-state index contributed by atoms with van der Waals surface area (Å²) in [5.41, 5.74) is 4.84. The lowest BCUT2D eigenvalue weighted by atomic mass is 9.94. The molecule has 1 rings (SSSR count). The van der Waals surface area contributed by atoms with Gasteiger partial charge in [0, 0.05) is 6.54 Å². The minimum Gasteiger partial charge on any atom is -0.409 e. The lowest BCUT2D eigenvalue weighted by Crippen LogP contribution is -2.47. The van der Waals surface area contributed by atoms with E-state index in [4.69, 9.17) is 10.9 Å². The molecule has 0 radical (unpaired) electrons. The SMILES string of the molecule is CC(NCC1(O)CCCCCC1)C(N)=NO. The molecule has 5 N–H and O–H groups in total. The molecule has 1 atom stereocenters. The largest absolute Gasteiger partial charge is 0.409 e. The predicted molar refractivity (Wildman–Crippen MR) is 63.5 cm³/mol. The third kappa shape index (κ3) is 3.98.